The van der Waals surface area contributed by atoms with E-state index >= 15 is 0 Å². The molecule has 1 aromatic heterocycles. The average molecular weight is 234 g/mol. The molecule has 0 saturated carbocycles. The lowest BCUT2D eigenvalue weighted by molar-refractivity contribution is 0.153. The van der Waals surface area contributed by atoms with Crippen LogP contribution in [0.2, 0.25) is 0 Å². The number of aliphatic hydroxyl groups is 1. The Bertz CT molecular complexity index is 535. The first kappa shape index (κ1) is 12.0. The van der Waals surface area contributed by atoms with Gasteiger partial charge in [0, 0.05) is 13.6 Å². The summed E-state index contributed by atoms with van der Waals surface area (Å²) in [5.74, 6) is 0.949. The van der Waals surface area contributed by atoms with Crippen molar-refractivity contribution >= 4 is 11.0 Å². The van der Waals surface area contributed by atoms with Gasteiger partial charge >= 0.3 is 0 Å². The fraction of sp³-hybridized carbons (Fsp3) is 0.417. The fourth-order valence-electron chi connectivity index (χ4n) is 1.91. The zero-order valence-electron chi connectivity index (χ0n) is 10.1. The van der Waals surface area contributed by atoms with Crippen molar-refractivity contribution in [1.29, 1.82) is 0 Å². The molecule has 0 fully saturated rings. The Morgan fingerprint density at radius 3 is 2.82 bits per heavy atom. The Morgan fingerprint density at radius 2 is 2.18 bits per heavy atom. The number of imidazole rings is 1. The van der Waals surface area contributed by atoms with E-state index in [1.165, 1.54) is 0 Å². The van der Waals surface area contributed by atoms with Crippen LogP contribution in [0.1, 0.15) is 17.4 Å². The molecule has 5 N–H and O–H groups in total. The number of nitrogens with zero attached hydrogens (tertiary/aromatic N) is 2. The molecule has 5 heteroatoms. The third-order valence-electron chi connectivity index (χ3n) is 3.17. The Morgan fingerprint density at radius 1 is 1.47 bits per heavy atom. The number of fused-ring (bicyclic) bond motifs is 1. The lowest BCUT2D eigenvalue weighted by Crippen LogP contribution is -2.32. The maximum atomic E-state index is 9.64. The van der Waals surface area contributed by atoms with E-state index in [4.69, 9.17) is 11.5 Å². The van der Waals surface area contributed by atoms with Crippen LogP contribution < -0.4 is 11.5 Å². The minimum atomic E-state index is -0.725. The molecule has 1 aromatic carbocycles. The summed E-state index contributed by atoms with van der Waals surface area (Å²) in [7, 11) is 1.97. The maximum absolute atomic E-state index is 9.64. The van der Waals surface area contributed by atoms with Crippen molar-refractivity contribution in [3.8, 4) is 0 Å². The summed E-state index contributed by atoms with van der Waals surface area (Å²) in [6.45, 7) is 2.11. The molecule has 0 aliphatic rings. The first-order valence-corrected chi connectivity index (χ1v) is 5.61. The van der Waals surface area contributed by atoms with Crippen LogP contribution in [0.25, 0.3) is 11.0 Å². The van der Waals surface area contributed by atoms with E-state index < -0.39 is 12.1 Å². The van der Waals surface area contributed by atoms with E-state index in [0.29, 0.717) is 0 Å². The second-order valence-electron chi connectivity index (χ2n) is 4.30. The number of benzene rings is 1. The van der Waals surface area contributed by atoms with E-state index in [-0.39, 0.29) is 6.54 Å². The zero-order valence-corrected chi connectivity index (χ0v) is 10.1. The largest absolute Gasteiger partial charge is 0.390 e. The molecular weight excluding hydrogens is 216 g/mol. The summed E-state index contributed by atoms with van der Waals surface area (Å²) in [5.41, 5.74) is 14.1. The first-order chi connectivity index (χ1) is 8.04. The topological polar surface area (TPSA) is 90.1 Å². The Balaban J connectivity index is 2.44. The molecule has 2 rings (SSSR count). The molecule has 2 aromatic rings. The Kier molecular flexibility index (Phi) is 3.15. The van der Waals surface area contributed by atoms with Gasteiger partial charge in [-0.3, -0.25) is 0 Å². The molecule has 2 unspecified atom stereocenters. The molecule has 0 saturated heterocycles. The first-order valence-electron chi connectivity index (χ1n) is 5.61. The summed E-state index contributed by atoms with van der Waals surface area (Å²) < 4.78 is 2.02. The van der Waals surface area contributed by atoms with Crippen LogP contribution in [-0.4, -0.2) is 27.3 Å². The van der Waals surface area contributed by atoms with Crippen molar-refractivity contribution in [2.24, 2.45) is 18.5 Å². The van der Waals surface area contributed by atoms with E-state index in [1.807, 2.05) is 36.7 Å². The van der Waals surface area contributed by atoms with Crippen molar-refractivity contribution in [3.63, 3.8) is 0 Å². The second-order valence-corrected chi connectivity index (χ2v) is 4.30. The van der Waals surface area contributed by atoms with Crippen LogP contribution in [-0.2, 0) is 7.05 Å². The van der Waals surface area contributed by atoms with Gasteiger partial charge in [-0.2, -0.15) is 0 Å². The normalized spacial score (nSPS) is 15.1. The minimum Gasteiger partial charge on any atom is -0.390 e. The number of nitrogens with two attached hydrogens (primary N) is 2. The van der Waals surface area contributed by atoms with Crippen LogP contribution in [0.3, 0.4) is 0 Å². The number of hydrogen-bond acceptors (Lipinski definition) is 4. The van der Waals surface area contributed by atoms with Gasteiger partial charge in [0.05, 0.1) is 23.2 Å². The van der Waals surface area contributed by atoms with Crippen molar-refractivity contribution in [1.82, 2.24) is 9.55 Å². The summed E-state index contributed by atoms with van der Waals surface area (Å²) >= 11 is 0. The average Bonchev–Trinajstić information content (AvgIpc) is 2.62. The van der Waals surface area contributed by atoms with Crippen molar-refractivity contribution in [2.75, 3.05) is 6.54 Å². The molecule has 0 amide bonds. The van der Waals surface area contributed by atoms with Crippen LogP contribution in [0.4, 0.5) is 0 Å². The molecule has 0 aliphatic heterocycles. The number of aryl methyl sites for hydroxylation is 2. The highest BCUT2D eigenvalue weighted by atomic mass is 16.3. The van der Waals surface area contributed by atoms with Gasteiger partial charge in [-0.15, -0.1) is 0 Å². The van der Waals surface area contributed by atoms with Gasteiger partial charge in [-0.1, -0.05) is 6.07 Å². The standard InChI is InChI=1S/C12H18N4O/c1-7-15-9-5-8(12(14)11(17)6-13)3-4-10(9)16(7)2/h3-5,11-12,17H,6,13-14H2,1-2H3. The van der Waals surface area contributed by atoms with Crippen molar-refractivity contribution in [3.05, 3.63) is 29.6 Å². The van der Waals surface area contributed by atoms with Gasteiger partial charge in [0.2, 0.25) is 0 Å². The van der Waals surface area contributed by atoms with E-state index in [0.717, 1.165) is 22.4 Å². The number of aromatic nitrogens is 2. The predicted molar refractivity (Wildman–Crippen MR) is 67.4 cm³/mol. The smallest absolute Gasteiger partial charge is 0.106 e. The van der Waals surface area contributed by atoms with E-state index in [2.05, 4.69) is 4.98 Å². The van der Waals surface area contributed by atoms with Gasteiger partial charge < -0.3 is 21.1 Å². The molecule has 2 atom stereocenters. The number of hydrogen-bond donors (Lipinski definition) is 3. The van der Waals surface area contributed by atoms with Crippen LogP contribution in [0.15, 0.2) is 18.2 Å². The van der Waals surface area contributed by atoms with Crippen LogP contribution in [0.5, 0.6) is 0 Å². The molecule has 17 heavy (non-hydrogen) atoms. The Labute approximate surface area is 100 Å². The third kappa shape index (κ3) is 2.04. The van der Waals surface area contributed by atoms with Crippen LogP contribution >= 0.6 is 0 Å². The van der Waals surface area contributed by atoms with Gasteiger partial charge in [0.1, 0.15) is 5.82 Å². The molecule has 0 spiro atoms. The van der Waals surface area contributed by atoms with Gasteiger partial charge in [-0.25, -0.2) is 4.98 Å². The number of aliphatic hydroxyl groups excluding tert-OH is 1. The molecule has 5 nitrogen and oxygen atoms in total. The van der Waals surface area contributed by atoms with E-state index in [1.54, 1.807) is 0 Å². The van der Waals surface area contributed by atoms with Gasteiger partial charge in [0.25, 0.3) is 0 Å². The second kappa shape index (κ2) is 4.44. The molecular formula is C12H18N4O. The van der Waals surface area contributed by atoms with Crippen LogP contribution in [0, 0.1) is 6.92 Å². The lowest BCUT2D eigenvalue weighted by Gasteiger charge is -2.17. The highest BCUT2D eigenvalue weighted by Gasteiger charge is 2.16. The monoisotopic (exact) mass is 234 g/mol. The summed E-state index contributed by atoms with van der Waals surface area (Å²) in [6, 6.07) is 5.32. The summed E-state index contributed by atoms with van der Waals surface area (Å²) in [6.07, 6.45) is -0.725. The lowest BCUT2D eigenvalue weighted by atomic mass is 10.0. The molecule has 0 bridgehead atoms. The highest BCUT2D eigenvalue weighted by Crippen LogP contribution is 2.21. The molecule has 0 radical (unpaired) electrons. The SMILES string of the molecule is Cc1nc2cc(C(N)C(O)CN)ccc2n1C. The molecule has 0 aliphatic carbocycles. The maximum Gasteiger partial charge on any atom is 0.106 e. The molecule has 92 valence electrons. The predicted octanol–water partition coefficient (Wildman–Crippen LogP) is 0.201. The van der Waals surface area contributed by atoms with Gasteiger partial charge in [0.15, 0.2) is 0 Å². The molecule has 1 heterocycles. The van der Waals surface area contributed by atoms with E-state index in [9.17, 15) is 5.11 Å². The van der Waals surface area contributed by atoms with Crippen molar-refractivity contribution in [2.45, 2.75) is 19.1 Å². The van der Waals surface area contributed by atoms with Crippen molar-refractivity contribution < 1.29 is 5.11 Å². The summed E-state index contributed by atoms with van der Waals surface area (Å²) in [4.78, 5) is 4.44. The fourth-order valence-corrected chi connectivity index (χ4v) is 1.91. The quantitative estimate of drug-likeness (QED) is 0.707. The zero-order chi connectivity index (χ0) is 12.6. The Hall–Kier alpha value is -1.43. The van der Waals surface area contributed by atoms with Gasteiger partial charge in [-0.05, 0) is 24.6 Å². The highest BCUT2D eigenvalue weighted by molar-refractivity contribution is 5.77. The summed E-state index contributed by atoms with van der Waals surface area (Å²) in [5, 5.41) is 9.64. The number of rotatable bonds is 3. The third-order valence-corrected chi connectivity index (χ3v) is 3.17. The minimum absolute atomic E-state index is 0.153.